The van der Waals surface area contributed by atoms with Crippen molar-refractivity contribution in [3.8, 4) is 11.6 Å². The molecule has 2 aromatic heterocycles. The molecule has 0 fully saturated rings. The Balaban J connectivity index is 1.56. The monoisotopic (exact) mass is 309 g/mol. The Labute approximate surface area is 130 Å². The van der Waals surface area contributed by atoms with Gasteiger partial charge in [-0.1, -0.05) is 41.5 Å². The SMILES string of the molecule is c1ccc(-n2nnnc2SOc2cc3ccccc3[nH]2)cc1. The van der Waals surface area contributed by atoms with E-state index in [9.17, 15) is 0 Å². The molecule has 0 saturated carbocycles. The van der Waals surface area contributed by atoms with Crippen LogP contribution in [0.25, 0.3) is 16.6 Å². The first-order chi connectivity index (χ1) is 10.9. The minimum absolute atomic E-state index is 0.560. The zero-order valence-electron chi connectivity index (χ0n) is 11.4. The first kappa shape index (κ1) is 12.9. The second-order valence-electron chi connectivity index (χ2n) is 4.60. The Kier molecular flexibility index (Phi) is 3.24. The van der Waals surface area contributed by atoms with Crippen LogP contribution in [-0.2, 0) is 0 Å². The lowest BCUT2D eigenvalue weighted by molar-refractivity contribution is 0.612. The second-order valence-corrected chi connectivity index (χ2v) is 5.29. The first-order valence-electron chi connectivity index (χ1n) is 6.66. The minimum atomic E-state index is 0.560. The molecule has 22 heavy (non-hydrogen) atoms. The van der Waals surface area contributed by atoms with Crippen molar-refractivity contribution in [3.05, 3.63) is 60.7 Å². The van der Waals surface area contributed by atoms with Crippen LogP contribution in [0.1, 0.15) is 0 Å². The van der Waals surface area contributed by atoms with Crippen LogP contribution in [0.3, 0.4) is 0 Å². The van der Waals surface area contributed by atoms with Crippen molar-refractivity contribution in [2.75, 3.05) is 0 Å². The first-order valence-corrected chi connectivity index (χ1v) is 7.40. The number of hydrogen-bond donors (Lipinski definition) is 1. The van der Waals surface area contributed by atoms with Crippen LogP contribution in [0.5, 0.6) is 5.88 Å². The van der Waals surface area contributed by atoms with Crippen molar-refractivity contribution in [1.29, 1.82) is 0 Å². The van der Waals surface area contributed by atoms with Gasteiger partial charge in [0.05, 0.1) is 5.69 Å². The molecule has 2 aromatic carbocycles. The summed E-state index contributed by atoms with van der Waals surface area (Å²) in [6.45, 7) is 0. The summed E-state index contributed by atoms with van der Waals surface area (Å²) in [7, 11) is 0. The summed E-state index contributed by atoms with van der Waals surface area (Å²) in [5, 5.41) is 13.3. The Morgan fingerprint density at radius 2 is 1.82 bits per heavy atom. The minimum Gasteiger partial charge on any atom is -0.399 e. The molecule has 0 bridgehead atoms. The number of aromatic amines is 1. The number of nitrogens with zero attached hydrogens (tertiary/aromatic N) is 4. The van der Waals surface area contributed by atoms with Crippen molar-refractivity contribution in [1.82, 2.24) is 25.2 Å². The van der Waals surface area contributed by atoms with Crippen LogP contribution in [0.15, 0.2) is 65.8 Å². The molecule has 1 N–H and O–H groups in total. The highest BCUT2D eigenvalue weighted by atomic mass is 32.2. The number of H-pyrrole nitrogens is 1. The van der Waals surface area contributed by atoms with E-state index in [-0.39, 0.29) is 0 Å². The lowest BCUT2D eigenvalue weighted by Crippen LogP contribution is -1.99. The van der Waals surface area contributed by atoms with E-state index in [1.807, 2.05) is 60.7 Å². The fraction of sp³-hybridized carbons (Fsp3) is 0. The number of para-hydroxylation sites is 2. The molecule has 0 radical (unpaired) electrons. The topological polar surface area (TPSA) is 68.6 Å². The summed E-state index contributed by atoms with van der Waals surface area (Å²) in [5.74, 6) is 0.661. The molecule has 4 rings (SSSR count). The quantitative estimate of drug-likeness (QED) is 0.586. The van der Waals surface area contributed by atoms with Gasteiger partial charge in [-0.25, -0.2) is 0 Å². The molecule has 0 aliphatic carbocycles. The van der Waals surface area contributed by atoms with Crippen molar-refractivity contribution in [3.63, 3.8) is 0 Å². The van der Waals surface area contributed by atoms with E-state index < -0.39 is 0 Å². The highest BCUT2D eigenvalue weighted by Crippen LogP contribution is 2.26. The van der Waals surface area contributed by atoms with Gasteiger partial charge in [0.15, 0.2) is 0 Å². The second kappa shape index (κ2) is 5.53. The molecule has 0 unspecified atom stereocenters. The summed E-state index contributed by atoms with van der Waals surface area (Å²) >= 11 is 1.11. The third-order valence-corrected chi connectivity index (χ3v) is 3.82. The van der Waals surface area contributed by atoms with Gasteiger partial charge in [0, 0.05) is 17.0 Å². The molecule has 0 saturated heterocycles. The van der Waals surface area contributed by atoms with E-state index in [2.05, 4.69) is 20.5 Å². The largest absolute Gasteiger partial charge is 0.399 e. The zero-order chi connectivity index (χ0) is 14.8. The maximum atomic E-state index is 5.70. The van der Waals surface area contributed by atoms with E-state index in [0.29, 0.717) is 11.0 Å². The van der Waals surface area contributed by atoms with Gasteiger partial charge in [0.25, 0.3) is 5.16 Å². The van der Waals surface area contributed by atoms with Crippen LogP contribution in [-0.4, -0.2) is 25.2 Å². The summed E-state index contributed by atoms with van der Waals surface area (Å²) in [6, 6.07) is 19.6. The van der Waals surface area contributed by atoms with Crippen LogP contribution in [0.2, 0.25) is 0 Å². The molecule has 6 nitrogen and oxygen atoms in total. The zero-order valence-corrected chi connectivity index (χ0v) is 12.2. The van der Waals surface area contributed by atoms with Gasteiger partial charge in [-0.2, -0.15) is 4.68 Å². The van der Waals surface area contributed by atoms with Gasteiger partial charge in [-0.05, 0) is 28.6 Å². The fourth-order valence-electron chi connectivity index (χ4n) is 2.14. The van der Waals surface area contributed by atoms with Crippen molar-refractivity contribution in [2.24, 2.45) is 0 Å². The summed E-state index contributed by atoms with van der Waals surface area (Å²) in [4.78, 5) is 3.20. The number of fused-ring (bicyclic) bond motifs is 1. The average molecular weight is 309 g/mol. The molecule has 2 heterocycles. The standard InChI is InChI=1S/C15H11N5OS/c1-2-7-12(8-3-1)20-15(17-18-19-20)22-21-14-10-11-6-4-5-9-13(11)16-14/h1-10,16H. The molecular weight excluding hydrogens is 298 g/mol. The van der Waals surface area contributed by atoms with Crippen LogP contribution >= 0.6 is 12.0 Å². The average Bonchev–Trinajstić information content (AvgIpc) is 3.20. The summed E-state index contributed by atoms with van der Waals surface area (Å²) < 4.78 is 7.33. The van der Waals surface area contributed by atoms with E-state index >= 15 is 0 Å². The summed E-state index contributed by atoms with van der Waals surface area (Å²) in [5.41, 5.74) is 1.91. The predicted octanol–water partition coefficient (Wildman–Crippen LogP) is 3.23. The van der Waals surface area contributed by atoms with Crippen molar-refractivity contribution < 1.29 is 4.18 Å². The molecule has 0 spiro atoms. The van der Waals surface area contributed by atoms with Crippen LogP contribution in [0, 0.1) is 0 Å². The van der Waals surface area contributed by atoms with Crippen molar-refractivity contribution >= 4 is 22.9 Å². The number of nitrogens with one attached hydrogen (secondary N) is 1. The number of tetrazole rings is 1. The van der Waals surface area contributed by atoms with Gasteiger partial charge in [0.2, 0.25) is 5.88 Å². The molecule has 0 atom stereocenters. The maximum Gasteiger partial charge on any atom is 0.253 e. The molecule has 4 aromatic rings. The maximum absolute atomic E-state index is 5.70. The highest BCUT2D eigenvalue weighted by Gasteiger charge is 2.11. The third kappa shape index (κ3) is 2.42. The summed E-state index contributed by atoms with van der Waals surface area (Å²) in [6.07, 6.45) is 0. The number of hydrogen-bond acceptors (Lipinski definition) is 5. The van der Waals surface area contributed by atoms with E-state index in [1.165, 1.54) is 0 Å². The van der Waals surface area contributed by atoms with Crippen molar-refractivity contribution in [2.45, 2.75) is 5.16 Å². The Hall–Kier alpha value is -2.80. The molecule has 108 valence electrons. The Morgan fingerprint density at radius 3 is 2.68 bits per heavy atom. The smallest absolute Gasteiger partial charge is 0.253 e. The van der Waals surface area contributed by atoms with Gasteiger partial charge in [-0.3, -0.25) is 0 Å². The fourth-order valence-corrected chi connectivity index (χ4v) is 2.67. The number of aromatic nitrogens is 5. The van der Waals surface area contributed by atoms with Gasteiger partial charge >= 0.3 is 0 Å². The molecule has 0 aliphatic heterocycles. The van der Waals surface area contributed by atoms with Crippen LogP contribution < -0.4 is 4.18 Å². The number of benzene rings is 2. The normalized spacial score (nSPS) is 10.9. The Bertz CT molecular complexity index is 869. The molecular formula is C15H11N5OS. The van der Waals surface area contributed by atoms with Gasteiger partial charge in [-0.15, -0.1) is 0 Å². The van der Waals surface area contributed by atoms with E-state index in [1.54, 1.807) is 4.68 Å². The predicted molar refractivity (Wildman–Crippen MR) is 83.9 cm³/mol. The molecule has 0 aliphatic rings. The van der Waals surface area contributed by atoms with Crippen LogP contribution in [0.4, 0.5) is 0 Å². The molecule has 7 heteroatoms. The van der Waals surface area contributed by atoms with Gasteiger partial charge in [0.1, 0.15) is 12.0 Å². The van der Waals surface area contributed by atoms with E-state index in [4.69, 9.17) is 4.18 Å². The number of rotatable bonds is 4. The lowest BCUT2D eigenvalue weighted by Gasteiger charge is -2.03. The van der Waals surface area contributed by atoms with Gasteiger partial charge < -0.3 is 9.17 Å². The molecule has 0 amide bonds. The lowest BCUT2D eigenvalue weighted by atomic mass is 10.3. The third-order valence-electron chi connectivity index (χ3n) is 3.15. The highest BCUT2D eigenvalue weighted by molar-refractivity contribution is 7.94. The van der Waals surface area contributed by atoms with E-state index in [0.717, 1.165) is 28.6 Å². The Morgan fingerprint density at radius 1 is 1.00 bits per heavy atom.